The Hall–Kier alpha value is -4.65. The maximum absolute atomic E-state index is 14.8. The van der Waals surface area contributed by atoms with Crippen LogP contribution in [0.5, 0.6) is 11.5 Å². The van der Waals surface area contributed by atoms with Crippen LogP contribution in [0.3, 0.4) is 0 Å². The SMILES string of the molecule is COc1ccc(NC(=O)C(c2ccc(C)cc2)N(Cc2ccccc2F)C(=O)Cc2ccccc2)c(OC)c1. The molecule has 0 saturated heterocycles. The van der Waals surface area contributed by atoms with Crippen molar-refractivity contribution in [2.75, 3.05) is 19.5 Å². The van der Waals surface area contributed by atoms with Crippen molar-refractivity contribution >= 4 is 17.5 Å². The summed E-state index contributed by atoms with van der Waals surface area (Å²) in [5, 5.41) is 2.92. The lowest BCUT2D eigenvalue weighted by atomic mass is 10.00. The maximum atomic E-state index is 14.8. The number of hydrogen-bond acceptors (Lipinski definition) is 4. The minimum atomic E-state index is -1.05. The van der Waals surface area contributed by atoms with Crippen LogP contribution in [0.15, 0.2) is 97.1 Å². The average Bonchev–Trinajstić information content (AvgIpc) is 2.95. The molecule has 0 heterocycles. The first-order chi connectivity index (χ1) is 18.9. The van der Waals surface area contributed by atoms with Crippen LogP contribution in [0.1, 0.15) is 28.3 Å². The molecule has 1 atom stereocenters. The second-order valence-electron chi connectivity index (χ2n) is 9.14. The van der Waals surface area contributed by atoms with E-state index in [9.17, 15) is 14.0 Å². The van der Waals surface area contributed by atoms with Gasteiger partial charge < -0.3 is 19.7 Å². The number of nitrogens with one attached hydrogen (secondary N) is 1. The molecule has 0 aromatic heterocycles. The molecule has 4 rings (SSSR count). The molecule has 0 saturated carbocycles. The molecule has 200 valence electrons. The van der Waals surface area contributed by atoms with Gasteiger partial charge in [0.25, 0.3) is 5.91 Å². The molecule has 0 aliphatic rings. The molecule has 0 aliphatic heterocycles. The number of nitrogens with zero attached hydrogens (tertiary/aromatic N) is 1. The van der Waals surface area contributed by atoms with Gasteiger partial charge in [-0.05, 0) is 36.2 Å². The second kappa shape index (κ2) is 12.7. The van der Waals surface area contributed by atoms with E-state index < -0.39 is 17.8 Å². The van der Waals surface area contributed by atoms with Gasteiger partial charge in [0.1, 0.15) is 23.4 Å². The van der Waals surface area contributed by atoms with Gasteiger partial charge in [-0.15, -0.1) is 0 Å². The van der Waals surface area contributed by atoms with Gasteiger partial charge >= 0.3 is 0 Å². The number of halogens is 1. The van der Waals surface area contributed by atoms with Crippen molar-refractivity contribution in [3.8, 4) is 11.5 Å². The van der Waals surface area contributed by atoms with Crippen molar-refractivity contribution in [2.45, 2.75) is 25.9 Å². The zero-order valence-corrected chi connectivity index (χ0v) is 22.2. The van der Waals surface area contributed by atoms with Crippen molar-refractivity contribution in [2.24, 2.45) is 0 Å². The first-order valence-corrected chi connectivity index (χ1v) is 12.6. The third kappa shape index (κ3) is 6.82. The fourth-order valence-corrected chi connectivity index (χ4v) is 4.33. The molecule has 2 amide bonds. The lowest BCUT2D eigenvalue weighted by Gasteiger charge is -2.32. The summed E-state index contributed by atoms with van der Waals surface area (Å²) in [6.07, 6.45) is 0.0524. The van der Waals surface area contributed by atoms with Crippen molar-refractivity contribution in [1.82, 2.24) is 4.90 Å². The Labute approximate surface area is 228 Å². The van der Waals surface area contributed by atoms with Crippen LogP contribution in [-0.4, -0.2) is 30.9 Å². The second-order valence-corrected chi connectivity index (χ2v) is 9.14. The molecule has 1 unspecified atom stereocenters. The van der Waals surface area contributed by atoms with E-state index in [1.165, 1.54) is 18.1 Å². The summed E-state index contributed by atoms with van der Waals surface area (Å²) in [4.78, 5) is 29.3. The summed E-state index contributed by atoms with van der Waals surface area (Å²) < 4.78 is 25.5. The Kier molecular flexibility index (Phi) is 8.94. The van der Waals surface area contributed by atoms with E-state index in [0.29, 0.717) is 28.3 Å². The minimum Gasteiger partial charge on any atom is -0.497 e. The molecule has 6 nitrogen and oxygen atoms in total. The highest BCUT2D eigenvalue weighted by Gasteiger charge is 2.32. The van der Waals surface area contributed by atoms with E-state index in [1.807, 2.05) is 61.5 Å². The number of benzene rings is 4. The number of ether oxygens (including phenoxy) is 2. The van der Waals surface area contributed by atoms with E-state index in [1.54, 1.807) is 43.5 Å². The largest absolute Gasteiger partial charge is 0.497 e. The molecule has 0 aliphatic carbocycles. The van der Waals surface area contributed by atoms with Gasteiger partial charge in [-0.3, -0.25) is 9.59 Å². The number of carbonyl (C=O) groups excluding carboxylic acids is 2. The topological polar surface area (TPSA) is 67.9 Å². The number of anilines is 1. The molecule has 0 bridgehead atoms. The molecule has 4 aromatic carbocycles. The smallest absolute Gasteiger partial charge is 0.251 e. The van der Waals surface area contributed by atoms with E-state index >= 15 is 0 Å². The Morgan fingerprint density at radius 3 is 2.23 bits per heavy atom. The summed E-state index contributed by atoms with van der Waals surface area (Å²) in [5.74, 6) is -0.248. The van der Waals surface area contributed by atoms with Crippen LogP contribution >= 0.6 is 0 Å². The Morgan fingerprint density at radius 1 is 0.872 bits per heavy atom. The number of carbonyl (C=O) groups is 2. The van der Waals surface area contributed by atoms with Crippen molar-refractivity contribution in [3.63, 3.8) is 0 Å². The van der Waals surface area contributed by atoms with Gasteiger partial charge in [0, 0.05) is 18.2 Å². The normalized spacial score (nSPS) is 11.4. The molecular formula is C32H31FN2O4. The fraction of sp³-hybridized carbons (Fsp3) is 0.188. The number of methoxy groups -OCH3 is 2. The molecule has 7 heteroatoms. The lowest BCUT2D eigenvalue weighted by molar-refractivity contribution is -0.139. The fourth-order valence-electron chi connectivity index (χ4n) is 4.33. The highest BCUT2D eigenvalue weighted by molar-refractivity contribution is 5.99. The predicted molar refractivity (Wildman–Crippen MR) is 149 cm³/mol. The first-order valence-electron chi connectivity index (χ1n) is 12.6. The van der Waals surface area contributed by atoms with Crippen LogP contribution in [0.2, 0.25) is 0 Å². The zero-order valence-electron chi connectivity index (χ0n) is 22.2. The Morgan fingerprint density at radius 2 is 1.56 bits per heavy atom. The van der Waals surface area contributed by atoms with Gasteiger partial charge in [0.15, 0.2) is 0 Å². The Bertz CT molecular complexity index is 1420. The molecular weight excluding hydrogens is 495 g/mol. The monoisotopic (exact) mass is 526 g/mol. The number of rotatable bonds is 10. The molecule has 0 spiro atoms. The number of aryl methyl sites for hydroxylation is 1. The summed E-state index contributed by atoms with van der Waals surface area (Å²) in [6.45, 7) is 1.85. The molecule has 0 radical (unpaired) electrons. The van der Waals surface area contributed by atoms with Crippen LogP contribution in [-0.2, 0) is 22.6 Å². The minimum absolute atomic E-state index is 0.0524. The molecule has 4 aromatic rings. The standard InChI is InChI=1S/C32H31FN2O4/c1-22-13-15-24(16-14-22)31(32(37)34-28-18-17-26(38-2)20-29(28)39-3)35(21-25-11-7-8-12-27(25)33)30(36)19-23-9-5-4-6-10-23/h4-18,20,31H,19,21H2,1-3H3,(H,34,37). The molecule has 39 heavy (non-hydrogen) atoms. The van der Waals surface area contributed by atoms with Crippen LogP contribution < -0.4 is 14.8 Å². The quantitative estimate of drug-likeness (QED) is 0.271. The van der Waals surface area contributed by atoms with E-state index in [2.05, 4.69) is 5.32 Å². The highest BCUT2D eigenvalue weighted by atomic mass is 19.1. The molecule has 1 N–H and O–H groups in total. The summed E-state index contributed by atoms with van der Waals surface area (Å²) in [6, 6.07) is 26.9. The van der Waals surface area contributed by atoms with Crippen molar-refractivity contribution in [1.29, 1.82) is 0 Å². The van der Waals surface area contributed by atoms with Gasteiger partial charge in [0.05, 0.1) is 26.3 Å². The van der Waals surface area contributed by atoms with Gasteiger partial charge in [0.2, 0.25) is 5.91 Å². The lowest BCUT2D eigenvalue weighted by Crippen LogP contribution is -2.42. The van der Waals surface area contributed by atoms with Crippen molar-refractivity contribution in [3.05, 3.63) is 125 Å². The van der Waals surface area contributed by atoms with Crippen molar-refractivity contribution < 1.29 is 23.5 Å². The summed E-state index contributed by atoms with van der Waals surface area (Å²) in [7, 11) is 3.04. The third-order valence-corrected chi connectivity index (χ3v) is 6.44. The summed E-state index contributed by atoms with van der Waals surface area (Å²) >= 11 is 0. The third-order valence-electron chi connectivity index (χ3n) is 6.44. The number of hydrogen-bond donors (Lipinski definition) is 1. The summed E-state index contributed by atoms with van der Waals surface area (Å²) in [5.41, 5.74) is 3.13. The maximum Gasteiger partial charge on any atom is 0.251 e. The average molecular weight is 527 g/mol. The Balaban J connectivity index is 1.77. The zero-order chi connectivity index (χ0) is 27.8. The van der Waals surface area contributed by atoms with Gasteiger partial charge in [-0.1, -0.05) is 78.4 Å². The number of amides is 2. The van der Waals surface area contributed by atoms with E-state index in [-0.39, 0.29) is 18.9 Å². The highest BCUT2D eigenvalue weighted by Crippen LogP contribution is 2.32. The van der Waals surface area contributed by atoms with Crippen LogP contribution in [0, 0.1) is 12.7 Å². The van der Waals surface area contributed by atoms with E-state index in [0.717, 1.165) is 11.1 Å². The van der Waals surface area contributed by atoms with Crippen LogP contribution in [0.25, 0.3) is 0 Å². The van der Waals surface area contributed by atoms with Gasteiger partial charge in [-0.2, -0.15) is 0 Å². The molecule has 0 fully saturated rings. The van der Waals surface area contributed by atoms with Crippen LogP contribution in [0.4, 0.5) is 10.1 Å². The van der Waals surface area contributed by atoms with E-state index in [4.69, 9.17) is 9.47 Å². The predicted octanol–water partition coefficient (Wildman–Crippen LogP) is 6.10. The van der Waals surface area contributed by atoms with Gasteiger partial charge in [-0.25, -0.2) is 4.39 Å². The first kappa shape index (κ1) is 27.4.